The molecule has 0 aliphatic rings. The van der Waals surface area contributed by atoms with Gasteiger partial charge >= 0.3 is 0 Å². The minimum Gasteiger partial charge on any atom is -0.494 e. The quantitative estimate of drug-likeness (QED) is 0.796. The molecule has 0 atom stereocenters. The first-order valence-corrected chi connectivity index (χ1v) is 6.84. The van der Waals surface area contributed by atoms with Crippen LogP contribution in [0.3, 0.4) is 0 Å². The summed E-state index contributed by atoms with van der Waals surface area (Å²) in [6.45, 7) is 0. The van der Waals surface area contributed by atoms with E-state index in [0.717, 1.165) is 0 Å². The number of amides is 1. The first kappa shape index (κ1) is 16.5. The second-order valence-electron chi connectivity index (χ2n) is 4.68. The van der Waals surface area contributed by atoms with Crippen LogP contribution >= 0.6 is 0 Å². The number of nitrogens with zero attached hydrogens (tertiary/aromatic N) is 2. The third-order valence-corrected chi connectivity index (χ3v) is 3.24. The molecule has 2 aromatic rings. The Kier molecular flexibility index (Phi) is 5.30. The van der Waals surface area contributed by atoms with Gasteiger partial charge in [-0.1, -0.05) is 6.07 Å². The number of benzene rings is 1. The van der Waals surface area contributed by atoms with E-state index < -0.39 is 5.82 Å². The Bertz CT molecular complexity index is 714. The summed E-state index contributed by atoms with van der Waals surface area (Å²) in [6, 6.07) is 7.88. The topological polar surface area (TPSA) is 51.7 Å². The molecular weight excluding hydrogens is 299 g/mol. The predicted octanol–water partition coefficient (Wildman–Crippen LogP) is 2.91. The summed E-state index contributed by atoms with van der Waals surface area (Å²) in [6.07, 6.45) is 4.45. The number of hydrogen-bond acceptors (Lipinski definition) is 4. The highest BCUT2D eigenvalue weighted by molar-refractivity contribution is 6.03. The molecule has 0 spiro atoms. The van der Waals surface area contributed by atoms with E-state index in [-0.39, 0.29) is 11.7 Å². The number of aromatic nitrogens is 1. The molecular formula is C17H17FN2O3. The first-order valence-electron chi connectivity index (χ1n) is 6.84. The molecule has 1 amide bonds. The lowest BCUT2D eigenvalue weighted by Gasteiger charge is -2.14. The Labute approximate surface area is 134 Å². The number of rotatable bonds is 5. The van der Waals surface area contributed by atoms with Gasteiger partial charge < -0.3 is 14.4 Å². The lowest BCUT2D eigenvalue weighted by atomic mass is 10.2. The van der Waals surface area contributed by atoms with Crippen molar-refractivity contribution < 1.29 is 18.7 Å². The number of anilines is 1. The van der Waals surface area contributed by atoms with Crippen molar-refractivity contribution >= 4 is 17.7 Å². The Hall–Kier alpha value is -2.89. The van der Waals surface area contributed by atoms with Gasteiger partial charge in [0, 0.05) is 19.2 Å². The van der Waals surface area contributed by atoms with Crippen LogP contribution in [0, 0.1) is 5.82 Å². The van der Waals surface area contributed by atoms with Crippen molar-refractivity contribution in [3.63, 3.8) is 0 Å². The SMILES string of the molecule is COc1ccc(N(C)C(=O)C=Cc2ccc(OC)c(F)c2)cn1. The molecule has 1 aromatic heterocycles. The van der Waals surface area contributed by atoms with Crippen LogP contribution in [0.4, 0.5) is 10.1 Å². The van der Waals surface area contributed by atoms with Gasteiger partial charge in [0.15, 0.2) is 11.6 Å². The first-order chi connectivity index (χ1) is 11.0. The molecule has 0 unspecified atom stereocenters. The smallest absolute Gasteiger partial charge is 0.250 e. The van der Waals surface area contributed by atoms with Gasteiger partial charge in [-0.2, -0.15) is 0 Å². The second kappa shape index (κ2) is 7.40. The standard InChI is InChI=1S/C17H17FN2O3/c1-20(13-6-8-16(23-3)19-11-13)17(21)9-5-12-4-7-15(22-2)14(18)10-12/h4-11H,1-3H3. The van der Waals surface area contributed by atoms with Crippen molar-refractivity contribution in [2.45, 2.75) is 0 Å². The number of carbonyl (C=O) groups excluding carboxylic acids is 1. The highest BCUT2D eigenvalue weighted by Gasteiger charge is 2.08. The maximum absolute atomic E-state index is 13.6. The fourth-order valence-corrected chi connectivity index (χ4v) is 1.88. The fourth-order valence-electron chi connectivity index (χ4n) is 1.88. The number of halogens is 1. The number of ether oxygens (including phenoxy) is 2. The molecule has 0 saturated carbocycles. The van der Waals surface area contributed by atoms with E-state index >= 15 is 0 Å². The van der Waals surface area contributed by atoms with E-state index in [0.29, 0.717) is 17.1 Å². The zero-order valence-corrected chi connectivity index (χ0v) is 13.1. The summed E-state index contributed by atoms with van der Waals surface area (Å²) in [7, 11) is 4.55. The number of hydrogen-bond donors (Lipinski definition) is 0. The maximum atomic E-state index is 13.6. The van der Waals surface area contributed by atoms with Crippen molar-refractivity contribution in [1.29, 1.82) is 0 Å². The molecule has 0 radical (unpaired) electrons. The third-order valence-electron chi connectivity index (χ3n) is 3.24. The Morgan fingerprint density at radius 3 is 2.57 bits per heavy atom. The average molecular weight is 316 g/mol. The molecule has 0 bridgehead atoms. The lowest BCUT2D eigenvalue weighted by molar-refractivity contribution is -0.113. The van der Waals surface area contributed by atoms with Crippen molar-refractivity contribution in [2.75, 3.05) is 26.2 Å². The molecule has 0 saturated heterocycles. The highest BCUT2D eigenvalue weighted by atomic mass is 19.1. The highest BCUT2D eigenvalue weighted by Crippen LogP contribution is 2.19. The van der Waals surface area contributed by atoms with E-state index in [1.54, 1.807) is 25.2 Å². The van der Waals surface area contributed by atoms with Gasteiger partial charge in [0.05, 0.1) is 26.1 Å². The fraction of sp³-hybridized carbons (Fsp3) is 0.176. The Morgan fingerprint density at radius 1 is 1.22 bits per heavy atom. The molecule has 0 N–H and O–H groups in total. The predicted molar refractivity (Wildman–Crippen MR) is 86.2 cm³/mol. The van der Waals surface area contributed by atoms with Crippen LogP contribution in [-0.4, -0.2) is 32.2 Å². The summed E-state index contributed by atoms with van der Waals surface area (Å²) in [5, 5.41) is 0. The second-order valence-corrected chi connectivity index (χ2v) is 4.68. The number of methoxy groups -OCH3 is 2. The van der Waals surface area contributed by atoms with Crippen LogP contribution < -0.4 is 14.4 Å². The average Bonchev–Trinajstić information content (AvgIpc) is 2.59. The minimum atomic E-state index is -0.477. The lowest BCUT2D eigenvalue weighted by Crippen LogP contribution is -2.24. The monoisotopic (exact) mass is 316 g/mol. The van der Waals surface area contributed by atoms with Gasteiger partial charge in [0.2, 0.25) is 5.88 Å². The van der Waals surface area contributed by atoms with Gasteiger partial charge in [-0.05, 0) is 29.8 Å². The van der Waals surface area contributed by atoms with Crippen molar-refractivity contribution in [3.05, 3.63) is 54.0 Å². The van der Waals surface area contributed by atoms with Crippen LogP contribution in [0.1, 0.15) is 5.56 Å². The zero-order chi connectivity index (χ0) is 16.8. The van der Waals surface area contributed by atoms with Crippen molar-refractivity contribution in [3.8, 4) is 11.6 Å². The molecule has 23 heavy (non-hydrogen) atoms. The number of likely N-dealkylation sites (N-methyl/N-ethyl adjacent to an activating group) is 1. The van der Waals surface area contributed by atoms with Crippen LogP contribution in [-0.2, 0) is 4.79 Å². The van der Waals surface area contributed by atoms with Gasteiger partial charge in [-0.3, -0.25) is 4.79 Å². The molecule has 1 aromatic carbocycles. The molecule has 5 nitrogen and oxygen atoms in total. The van der Waals surface area contributed by atoms with E-state index in [2.05, 4.69) is 4.98 Å². The Morgan fingerprint density at radius 2 is 2.00 bits per heavy atom. The molecule has 0 aliphatic heterocycles. The Balaban J connectivity index is 2.09. The summed E-state index contributed by atoms with van der Waals surface area (Å²) in [4.78, 5) is 17.6. The minimum absolute atomic E-state index is 0.162. The summed E-state index contributed by atoms with van der Waals surface area (Å²) in [5.74, 6) is -0.100. The summed E-state index contributed by atoms with van der Waals surface area (Å²) < 4.78 is 23.4. The molecule has 6 heteroatoms. The maximum Gasteiger partial charge on any atom is 0.250 e. The summed E-state index contributed by atoms with van der Waals surface area (Å²) >= 11 is 0. The van der Waals surface area contributed by atoms with E-state index in [9.17, 15) is 9.18 Å². The molecule has 0 aliphatic carbocycles. The normalized spacial score (nSPS) is 10.6. The third kappa shape index (κ3) is 4.06. The molecule has 1 heterocycles. The largest absolute Gasteiger partial charge is 0.494 e. The van der Waals surface area contributed by atoms with Gasteiger partial charge in [0.1, 0.15) is 0 Å². The molecule has 120 valence electrons. The number of pyridine rings is 1. The van der Waals surface area contributed by atoms with Crippen LogP contribution in [0.15, 0.2) is 42.6 Å². The van der Waals surface area contributed by atoms with Gasteiger partial charge in [-0.15, -0.1) is 0 Å². The molecule has 0 fully saturated rings. The van der Waals surface area contributed by atoms with E-state index in [4.69, 9.17) is 9.47 Å². The van der Waals surface area contributed by atoms with Crippen LogP contribution in [0.25, 0.3) is 6.08 Å². The van der Waals surface area contributed by atoms with Gasteiger partial charge in [-0.25, -0.2) is 9.37 Å². The van der Waals surface area contributed by atoms with Crippen molar-refractivity contribution in [1.82, 2.24) is 4.98 Å². The number of carbonyl (C=O) groups is 1. The molecule has 2 rings (SSSR count). The summed E-state index contributed by atoms with van der Waals surface area (Å²) in [5.41, 5.74) is 1.19. The van der Waals surface area contributed by atoms with E-state index in [1.165, 1.54) is 49.6 Å². The van der Waals surface area contributed by atoms with E-state index in [1.807, 2.05) is 0 Å². The van der Waals surface area contributed by atoms with Crippen LogP contribution in [0.5, 0.6) is 11.6 Å². The zero-order valence-electron chi connectivity index (χ0n) is 13.1. The van der Waals surface area contributed by atoms with Crippen LogP contribution in [0.2, 0.25) is 0 Å². The van der Waals surface area contributed by atoms with Crippen molar-refractivity contribution in [2.24, 2.45) is 0 Å². The van der Waals surface area contributed by atoms with Gasteiger partial charge in [0.25, 0.3) is 5.91 Å².